The summed E-state index contributed by atoms with van der Waals surface area (Å²) >= 11 is 0. The zero-order valence-electron chi connectivity index (χ0n) is 14.6. The Morgan fingerprint density at radius 1 is 1.10 bits per heavy atom. The van der Waals surface area contributed by atoms with Crippen molar-refractivity contribution in [3.63, 3.8) is 0 Å². The maximum Gasteiger partial charge on any atom is 0.0198 e. The molecule has 0 aromatic heterocycles. The zero-order valence-corrected chi connectivity index (χ0v) is 14.6. The molecule has 2 atom stereocenters. The average Bonchev–Trinajstić information content (AvgIpc) is 2.35. The van der Waals surface area contributed by atoms with E-state index in [9.17, 15) is 0 Å². The molecular weight excluding hydrogens is 244 g/mol. The molecule has 2 nitrogen and oxygen atoms in total. The van der Waals surface area contributed by atoms with Crippen LogP contribution in [0.3, 0.4) is 0 Å². The molecule has 120 valence electrons. The van der Waals surface area contributed by atoms with Gasteiger partial charge in [-0.15, -0.1) is 0 Å². The lowest BCUT2D eigenvalue weighted by molar-refractivity contribution is 0.122. The Hall–Kier alpha value is -0.0800. The van der Waals surface area contributed by atoms with Gasteiger partial charge in [0.1, 0.15) is 0 Å². The van der Waals surface area contributed by atoms with Crippen LogP contribution in [0.25, 0.3) is 0 Å². The molecule has 0 amide bonds. The third kappa shape index (κ3) is 7.64. The van der Waals surface area contributed by atoms with Crippen molar-refractivity contribution < 1.29 is 0 Å². The minimum atomic E-state index is 0.725. The van der Waals surface area contributed by atoms with E-state index in [0.717, 1.165) is 23.8 Å². The topological polar surface area (TPSA) is 15.3 Å². The summed E-state index contributed by atoms with van der Waals surface area (Å²) in [5, 5.41) is 3.82. The van der Waals surface area contributed by atoms with Crippen LogP contribution in [0.5, 0.6) is 0 Å². The smallest absolute Gasteiger partial charge is 0.0198 e. The van der Waals surface area contributed by atoms with Crippen molar-refractivity contribution in [3.05, 3.63) is 0 Å². The molecule has 1 aliphatic heterocycles. The number of rotatable bonds is 9. The number of likely N-dealkylation sites (tertiary alicyclic amines) is 1. The molecule has 1 fully saturated rings. The third-order valence-electron chi connectivity index (χ3n) is 4.36. The summed E-state index contributed by atoms with van der Waals surface area (Å²) in [5.41, 5.74) is 0. The first kappa shape index (κ1) is 18.0. The van der Waals surface area contributed by atoms with Gasteiger partial charge in [0.15, 0.2) is 0 Å². The second-order valence-electron chi connectivity index (χ2n) is 7.69. The highest BCUT2D eigenvalue weighted by atomic mass is 15.2. The first-order valence-corrected chi connectivity index (χ1v) is 8.97. The molecule has 0 aliphatic carbocycles. The summed E-state index contributed by atoms with van der Waals surface area (Å²) in [5.74, 6) is 2.52. The number of nitrogens with zero attached hydrogens (tertiary/aromatic N) is 1. The molecule has 0 aromatic rings. The standard InChI is InChI=1S/C18H38N2/c1-6-7-8-17-11-18(19-10-9-15(2)3)14-20(13-17)12-16(4)5/h15-19H,6-14H2,1-5H3. The first-order valence-electron chi connectivity index (χ1n) is 8.97. The van der Waals surface area contributed by atoms with Crippen molar-refractivity contribution in [2.45, 2.75) is 72.8 Å². The molecule has 20 heavy (non-hydrogen) atoms. The van der Waals surface area contributed by atoms with Crippen LogP contribution in [-0.2, 0) is 0 Å². The zero-order chi connectivity index (χ0) is 15.0. The van der Waals surface area contributed by atoms with Gasteiger partial charge < -0.3 is 10.2 Å². The minimum Gasteiger partial charge on any atom is -0.313 e. The van der Waals surface area contributed by atoms with Crippen molar-refractivity contribution in [1.29, 1.82) is 0 Å². The van der Waals surface area contributed by atoms with Crippen molar-refractivity contribution in [2.75, 3.05) is 26.2 Å². The van der Waals surface area contributed by atoms with E-state index < -0.39 is 0 Å². The predicted octanol–water partition coefficient (Wildman–Crippen LogP) is 4.16. The van der Waals surface area contributed by atoms with Gasteiger partial charge in [0.2, 0.25) is 0 Å². The Labute approximate surface area is 127 Å². The fraction of sp³-hybridized carbons (Fsp3) is 1.00. The van der Waals surface area contributed by atoms with Gasteiger partial charge in [-0.1, -0.05) is 47.5 Å². The number of hydrogen-bond acceptors (Lipinski definition) is 2. The van der Waals surface area contributed by atoms with Crippen LogP contribution in [0.1, 0.15) is 66.7 Å². The highest BCUT2D eigenvalue weighted by Crippen LogP contribution is 2.23. The van der Waals surface area contributed by atoms with E-state index in [4.69, 9.17) is 0 Å². The largest absolute Gasteiger partial charge is 0.313 e. The van der Waals surface area contributed by atoms with Crippen molar-refractivity contribution in [3.8, 4) is 0 Å². The fourth-order valence-electron chi connectivity index (χ4n) is 3.39. The lowest BCUT2D eigenvalue weighted by Gasteiger charge is -2.39. The molecule has 0 radical (unpaired) electrons. The fourth-order valence-corrected chi connectivity index (χ4v) is 3.39. The maximum absolute atomic E-state index is 3.82. The van der Waals surface area contributed by atoms with E-state index in [1.165, 1.54) is 58.3 Å². The van der Waals surface area contributed by atoms with E-state index in [0.29, 0.717) is 0 Å². The molecule has 2 unspecified atom stereocenters. The van der Waals surface area contributed by atoms with E-state index in [1.807, 2.05) is 0 Å². The summed E-state index contributed by atoms with van der Waals surface area (Å²) < 4.78 is 0. The molecule has 1 N–H and O–H groups in total. The number of unbranched alkanes of at least 4 members (excludes halogenated alkanes) is 1. The molecule has 1 rings (SSSR count). The number of piperidine rings is 1. The average molecular weight is 283 g/mol. The van der Waals surface area contributed by atoms with Crippen LogP contribution in [-0.4, -0.2) is 37.1 Å². The van der Waals surface area contributed by atoms with Crippen molar-refractivity contribution >= 4 is 0 Å². The van der Waals surface area contributed by atoms with Crippen molar-refractivity contribution in [2.24, 2.45) is 17.8 Å². The maximum atomic E-state index is 3.82. The Bertz CT molecular complexity index is 238. The van der Waals surface area contributed by atoms with Gasteiger partial charge in [0, 0.05) is 25.7 Å². The van der Waals surface area contributed by atoms with Crippen LogP contribution < -0.4 is 5.32 Å². The van der Waals surface area contributed by atoms with Crippen LogP contribution in [0, 0.1) is 17.8 Å². The highest BCUT2D eigenvalue weighted by Gasteiger charge is 2.26. The lowest BCUT2D eigenvalue weighted by Crippen LogP contribution is -2.50. The molecule has 1 aliphatic rings. The van der Waals surface area contributed by atoms with E-state index in [1.54, 1.807) is 0 Å². The Morgan fingerprint density at radius 2 is 1.85 bits per heavy atom. The molecule has 0 bridgehead atoms. The second-order valence-corrected chi connectivity index (χ2v) is 7.69. The van der Waals surface area contributed by atoms with Gasteiger partial charge in [-0.05, 0) is 43.6 Å². The summed E-state index contributed by atoms with van der Waals surface area (Å²) in [4.78, 5) is 2.71. The van der Waals surface area contributed by atoms with E-state index in [-0.39, 0.29) is 0 Å². The second kappa shape index (κ2) is 9.78. The quantitative estimate of drug-likeness (QED) is 0.683. The summed E-state index contributed by atoms with van der Waals surface area (Å²) in [7, 11) is 0. The van der Waals surface area contributed by atoms with Crippen LogP contribution in [0.15, 0.2) is 0 Å². The SMILES string of the molecule is CCCCC1CC(NCCC(C)C)CN(CC(C)C)C1. The minimum absolute atomic E-state index is 0.725. The Kier molecular flexibility index (Phi) is 8.79. The van der Waals surface area contributed by atoms with Crippen LogP contribution in [0.4, 0.5) is 0 Å². The first-order chi connectivity index (χ1) is 9.51. The normalized spacial score (nSPS) is 24.8. The Balaban J connectivity index is 2.41. The van der Waals surface area contributed by atoms with Gasteiger partial charge in [-0.25, -0.2) is 0 Å². The molecule has 2 heteroatoms. The van der Waals surface area contributed by atoms with E-state index in [2.05, 4.69) is 44.8 Å². The molecule has 0 spiro atoms. The van der Waals surface area contributed by atoms with Crippen LogP contribution in [0.2, 0.25) is 0 Å². The van der Waals surface area contributed by atoms with Crippen molar-refractivity contribution in [1.82, 2.24) is 10.2 Å². The third-order valence-corrected chi connectivity index (χ3v) is 4.36. The Morgan fingerprint density at radius 3 is 2.45 bits per heavy atom. The molecule has 1 saturated heterocycles. The van der Waals surface area contributed by atoms with Crippen LogP contribution >= 0.6 is 0 Å². The van der Waals surface area contributed by atoms with Gasteiger partial charge in [-0.2, -0.15) is 0 Å². The van der Waals surface area contributed by atoms with Gasteiger partial charge in [-0.3, -0.25) is 0 Å². The molecule has 1 heterocycles. The molecular formula is C18H38N2. The monoisotopic (exact) mass is 282 g/mol. The molecule has 0 saturated carbocycles. The lowest BCUT2D eigenvalue weighted by atomic mass is 9.89. The number of hydrogen-bond donors (Lipinski definition) is 1. The van der Waals surface area contributed by atoms with E-state index >= 15 is 0 Å². The summed E-state index contributed by atoms with van der Waals surface area (Å²) in [6.45, 7) is 16.7. The number of nitrogens with one attached hydrogen (secondary N) is 1. The predicted molar refractivity (Wildman–Crippen MR) is 90.2 cm³/mol. The molecule has 0 aromatic carbocycles. The van der Waals surface area contributed by atoms with Gasteiger partial charge >= 0.3 is 0 Å². The highest BCUT2D eigenvalue weighted by molar-refractivity contribution is 4.84. The van der Waals surface area contributed by atoms with Gasteiger partial charge in [0.25, 0.3) is 0 Å². The summed E-state index contributed by atoms with van der Waals surface area (Å²) in [6, 6.07) is 0.725. The summed E-state index contributed by atoms with van der Waals surface area (Å²) in [6.07, 6.45) is 6.87. The van der Waals surface area contributed by atoms with Gasteiger partial charge in [0.05, 0.1) is 0 Å².